The summed E-state index contributed by atoms with van der Waals surface area (Å²) in [6, 6.07) is 5.26. The predicted molar refractivity (Wildman–Crippen MR) is 68.3 cm³/mol. The molecule has 1 aromatic heterocycles. The van der Waals surface area contributed by atoms with Crippen LogP contribution in [0.1, 0.15) is 0 Å². The molecule has 0 spiro atoms. The molecule has 3 N–H and O–H groups in total. The smallest absolute Gasteiger partial charge is 0.306 e. The Bertz CT molecular complexity index is 663. The minimum absolute atomic E-state index is 0.249. The number of nitriles is 1. The minimum atomic E-state index is -0.249. The number of H-pyrrole nitrogens is 2. The highest BCUT2D eigenvalue weighted by molar-refractivity contribution is 8.13. The first kappa shape index (κ1) is 11.3. The third kappa shape index (κ3) is 2.49. The molecule has 0 saturated heterocycles. The summed E-state index contributed by atoms with van der Waals surface area (Å²) < 4.78 is 0. The van der Waals surface area contributed by atoms with E-state index in [0.717, 1.165) is 5.52 Å². The van der Waals surface area contributed by atoms with Gasteiger partial charge in [0.15, 0.2) is 11.4 Å². The molecule has 86 valence electrons. The maximum absolute atomic E-state index is 11.1. The van der Waals surface area contributed by atoms with Crippen LogP contribution in [0.4, 0.5) is 5.69 Å². The Kier molecular flexibility index (Phi) is 3.16. The van der Waals surface area contributed by atoms with E-state index in [9.17, 15) is 4.79 Å². The molecule has 0 saturated carbocycles. The van der Waals surface area contributed by atoms with E-state index in [1.54, 1.807) is 18.2 Å². The molecule has 6 nitrogen and oxygen atoms in total. The van der Waals surface area contributed by atoms with Crippen LogP contribution in [0, 0.1) is 11.5 Å². The molecule has 0 unspecified atom stereocenters. The van der Waals surface area contributed by atoms with Gasteiger partial charge in [-0.25, -0.2) is 9.79 Å². The first-order valence-corrected chi connectivity index (χ1v) is 5.95. The summed E-state index contributed by atoms with van der Waals surface area (Å²) in [6.07, 6.45) is 3.63. The number of aromatic nitrogens is 2. The van der Waals surface area contributed by atoms with E-state index in [1.165, 1.54) is 11.8 Å². The van der Waals surface area contributed by atoms with Crippen molar-refractivity contribution in [3.63, 3.8) is 0 Å². The highest BCUT2D eigenvalue weighted by atomic mass is 32.2. The second-order valence-corrected chi connectivity index (χ2v) is 3.96. The van der Waals surface area contributed by atoms with Crippen LogP contribution in [0.5, 0.6) is 0 Å². The molecule has 0 amide bonds. The van der Waals surface area contributed by atoms with Gasteiger partial charge in [-0.05, 0) is 24.5 Å². The van der Waals surface area contributed by atoms with E-state index < -0.39 is 0 Å². The van der Waals surface area contributed by atoms with E-state index in [-0.39, 0.29) is 5.69 Å². The number of imidazole rings is 1. The second kappa shape index (κ2) is 4.76. The zero-order chi connectivity index (χ0) is 12.3. The topological polar surface area (TPSA) is 96.8 Å². The molecule has 0 atom stereocenters. The lowest BCUT2D eigenvalue weighted by molar-refractivity contribution is 1.21. The molecule has 0 radical (unpaired) electrons. The maximum atomic E-state index is 11.1. The van der Waals surface area contributed by atoms with Crippen molar-refractivity contribution in [2.45, 2.75) is 0 Å². The van der Waals surface area contributed by atoms with Crippen LogP contribution in [0.3, 0.4) is 0 Å². The zero-order valence-electron chi connectivity index (χ0n) is 8.94. The van der Waals surface area contributed by atoms with Crippen molar-refractivity contribution < 1.29 is 0 Å². The van der Waals surface area contributed by atoms with Crippen LogP contribution in [0.2, 0.25) is 0 Å². The lowest BCUT2D eigenvalue weighted by Crippen LogP contribution is -2.12. The van der Waals surface area contributed by atoms with Crippen LogP contribution in [-0.2, 0) is 0 Å². The first-order valence-electron chi connectivity index (χ1n) is 4.73. The summed E-state index contributed by atoms with van der Waals surface area (Å²) in [4.78, 5) is 20.6. The number of aromatic amines is 2. The van der Waals surface area contributed by atoms with Gasteiger partial charge in [-0.2, -0.15) is 5.26 Å². The van der Waals surface area contributed by atoms with Crippen molar-refractivity contribution in [2.24, 2.45) is 4.99 Å². The summed E-state index contributed by atoms with van der Waals surface area (Å²) in [5, 5.41) is 11.5. The molecule has 0 aliphatic rings. The van der Waals surface area contributed by atoms with Crippen molar-refractivity contribution in [1.82, 2.24) is 15.3 Å². The molecular weight excluding hydrogens is 238 g/mol. The van der Waals surface area contributed by atoms with Gasteiger partial charge in [-0.3, -0.25) is 5.32 Å². The lowest BCUT2D eigenvalue weighted by Gasteiger charge is -1.99. The number of nitrogens with zero attached hydrogens (tertiary/aromatic N) is 2. The molecule has 7 heteroatoms. The number of amidine groups is 1. The summed E-state index contributed by atoms with van der Waals surface area (Å²) >= 11 is 1.34. The number of nitrogens with one attached hydrogen (secondary N) is 3. The summed E-state index contributed by atoms with van der Waals surface area (Å²) in [5.74, 6) is 0. The van der Waals surface area contributed by atoms with Crippen LogP contribution >= 0.6 is 11.8 Å². The van der Waals surface area contributed by atoms with Gasteiger partial charge in [-0.15, -0.1) is 0 Å². The number of hydrogen-bond acceptors (Lipinski definition) is 4. The van der Waals surface area contributed by atoms with Gasteiger partial charge in [0, 0.05) is 0 Å². The number of hydrogen-bond donors (Lipinski definition) is 3. The summed E-state index contributed by atoms with van der Waals surface area (Å²) in [6.45, 7) is 0. The average Bonchev–Trinajstić information content (AvgIpc) is 2.68. The van der Waals surface area contributed by atoms with Gasteiger partial charge >= 0.3 is 5.69 Å². The zero-order valence-corrected chi connectivity index (χ0v) is 9.76. The Morgan fingerprint density at radius 1 is 1.47 bits per heavy atom. The average molecular weight is 247 g/mol. The van der Waals surface area contributed by atoms with E-state index >= 15 is 0 Å². The molecule has 1 aromatic carbocycles. The largest absolute Gasteiger partial charge is 0.323 e. The first-order chi connectivity index (χ1) is 8.22. The fourth-order valence-corrected chi connectivity index (χ4v) is 1.72. The van der Waals surface area contributed by atoms with Crippen molar-refractivity contribution in [3.05, 3.63) is 28.7 Å². The number of rotatable bonds is 1. The van der Waals surface area contributed by atoms with Gasteiger partial charge in [0.1, 0.15) is 0 Å². The SMILES string of the molecule is CSC(=Nc1ccc2[nH]c(=O)[nH]c2c1)NC#N. The van der Waals surface area contributed by atoms with Gasteiger partial charge in [0.25, 0.3) is 0 Å². The monoisotopic (exact) mass is 247 g/mol. The second-order valence-electron chi connectivity index (χ2n) is 3.17. The molecule has 0 aliphatic heterocycles. The van der Waals surface area contributed by atoms with Crippen LogP contribution in [0.25, 0.3) is 11.0 Å². The van der Waals surface area contributed by atoms with Crippen LogP contribution in [-0.4, -0.2) is 21.4 Å². The molecule has 1 heterocycles. The van der Waals surface area contributed by atoms with Crippen molar-refractivity contribution in [1.29, 1.82) is 5.26 Å². The quantitative estimate of drug-likeness (QED) is 0.306. The van der Waals surface area contributed by atoms with E-state index in [1.807, 2.05) is 12.4 Å². The molecule has 0 aliphatic carbocycles. The molecule has 2 rings (SSSR count). The van der Waals surface area contributed by atoms with E-state index in [2.05, 4.69) is 20.3 Å². The fraction of sp³-hybridized carbons (Fsp3) is 0.100. The number of thioether (sulfide) groups is 1. The van der Waals surface area contributed by atoms with Crippen LogP contribution in [0.15, 0.2) is 28.0 Å². The number of benzene rings is 1. The van der Waals surface area contributed by atoms with Crippen molar-refractivity contribution in [2.75, 3.05) is 6.26 Å². The number of aliphatic imine (C=N–C) groups is 1. The predicted octanol–water partition coefficient (Wildman–Crippen LogP) is 1.28. The standard InChI is InChI=1S/C10H9N5OS/c1-17-10(12-5-11)13-6-2-3-7-8(4-6)15-9(16)14-7/h2-4H,1H3,(H,12,13)(H2,14,15,16). The molecule has 2 aromatic rings. The Morgan fingerprint density at radius 3 is 2.94 bits per heavy atom. The summed E-state index contributed by atoms with van der Waals surface area (Å²) in [5.41, 5.74) is 1.84. The van der Waals surface area contributed by atoms with Crippen LogP contribution < -0.4 is 11.0 Å². The van der Waals surface area contributed by atoms with Crippen molar-refractivity contribution in [3.8, 4) is 6.19 Å². The van der Waals surface area contributed by atoms with E-state index in [4.69, 9.17) is 5.26 Å². The third-order valence-corrected chi connectivity index (χ3v) is 2.67. The Morgan fingerprint density at radius 2 is 2.24 bits per heavy atom. The maximum Gasteiger partial charge on any atom is 0.323 e. The fourth-order valence-electron chi connectivity index (χ4n) is 1.38. The molecular formula is C10H9N5OS. The van der Waals surface area contributed by atoms with Crippen molar-refractivity contribution >= 4 is 33.7 Å². The molecule has 0 fully saturated rings. The number of fused-ring (bicyclic) bond motifs is 1. The Hall–Kier alpha value is -2.20. The molecule has 0 bridgehead atoms. The summed E-state index contributed by atoms with van der Waals surface area (Å²) in [7, 11) is 0. The highest BCUT2D eigenvalue weighted by Crippen LogP contribution is 2.18. The third-order valence-electron chi connectivity index (χ3n) is 2.09. The Balaban J connectivity index is 2.42. The van der Waals surface area contributed by atoms with Gasteiger partial charge in [-0.1, -0.05) is 11.8 Å². The van der Waals surface area contributed by atoms with E-state index in [0.29, 0.717) is 16.4 Å². The lowest BCUT2D eigenvalue weighted by atomic mass is 10.3. The minimum Gasteiger partial charge on any atom is -0.306 e. The van der Waals surface area contributed by atoms with Gasteiger partial charge < -0.3 is 9.97 Å². The normalized spacial score (nSPS) is 11.4. The molecule has 17 heavy (non-hydrogen) atoms. The highest BCUT2D eigenvalue weighted by Gasteiger charge is 2.00. The Labute approximate surface area is 101 Å². The van der Waals surface area contributed by atoms with Gasteiger partial charge in [0.2, 0.25) is 0 Å². The van der Waals surface area contributed by atoms with Gasteiger partial charge in [0.05, 0.1) is 16.7 Å².